The van der Waals surface area contributed by atoms with Gasteiger partial charge in [-0.05, 0) is 53.4 Å². The molecule has 0 unspecified atom stereocenters. The Bertz CT molecular complexity index is 761. The van der Waals surface area contributed by atoms with Crippen LogP contribution in [0.2, 0.25) is 0 Å². The van der Waals surface area contributed by atoms with Gasteiger partial charge in [0.15, 0.2) is 9.84 Å². The highest BCUT2D eigenvalue weighted by atomic mass is 79.9. The summed E-state index contributed by atoms with van der Waals surface area (Å²) in [5.41, 5.74) is 5.52. The van der Waals surface area contributed by atoms with Gasteiger partial charge in [-0.3, -0.25) is 0 Å². The molecule has 126 valence electrons. The van der Waals surface area contributed by atoms with Crippen molar-refractivity contribution in [3.05, 3.63) is 22.7 Å². The number of hydrogen-bond donors (Lipinski definition) is 2. The maximum Gasteiger partial charge on any atom is 0.241 e. The van der Waals surface area contributed by atoms with Crippen molar-refractivity contribution in [3.63, 3.8) is 0 Å². The van der Waals surface area contributed by atoms with Crippen molar-refractivity contribution >= 4 is 48.2 Å². The quantitative estimate of drug-likeness (QED) is 0.730. The van der Waals surface area contributed by atoms with E-state index < -0.39 is 25.4 Å². The first-order chi connectivity index (χ1) is 9.54. The van der Waals surface area contributed by atoms with Crippen molar-refractivity contribution in [3.8, 4) is 0 Å². The molecule has 22 heavy (non-hydrogen) atoms. The number of halogens is 2. The van der Waals surface area contributed by atoms with Crippen molar-refractivity contribution in [1.29, 1.82) is 0 Å². The van der Waals surface area contributed by atoms with E-state index in [1.54, 1.807) is 0 Å². The highest BCUT2D eigenvalue weighted by Crippen LogP contribution is 2.29. The Labute approximate surface area is 145 Å². The van der Waals surface area contributed by atoms with Crippen molar-refractivity contribution < 1.29 is 16.8 Å². The van der Waals surface area contributed by atoms with Gasteiger partial charge in [0.05, 0.1) is 9.79 Å². The summed E-state index contributed by atoms with van der Waals surface area (Å²) in [4.78, 5) is 0.0560. The zero-order chi connectivity index (χ0) is 15.9. The third-order valence-electron chi connectivity index (χ3n) is 3.58. The van der Waals surface area contributed by atoms with E-state index in [1.807, 2.05) is 0 Å². The minimum Gasteiger partial charge on any atom is -0.324 e. The van der Waals surface area contributed by atoms with Gasteiger partial charge >= 0.3 is 0 Å². The Morgan fingerprint density at radius 1 is 1.27 bits per heavy atom. The minimum absolute atomic E-state index is 0. The first kappa shape index (κ1) is 19.9. The van der Waals surface area contributed by atoms with Crippen molar-refractivity contribution in [1.82, 2.24) is 4.72 Å². The molecule has 0 atom stereocenters. The normalized spacial score (nSPS) is 17.4. The van der Waals surface area contributed by atoms with Gasteiger partial charge < -0.3 is 5.73 Å². The van der Waals surface area contributed by atoms with Gasteiger partial charge in [-0.25, -0.2) is 21.6 Å². The second-order valence-electron chi connectivity index (χ2n) is 5.40. The lowest BCUT2D eigenvalue weighted by molar-refractivity contribution is 0.251. The Balaban J connectivity index is 0.00000242. The number of benzene rings is 1. The lowest BCUT2D eigenvalue weighted by atomic mass is 9.78. The molecule has 0 aromatic heterocycles. The Morgan fingerprint density at radius 3 is 2.27 bits per heavy atom. The fraction of sp³-hybridized carbons (Fsp3) is 0.500. The molecule has 0 amide bonds. The first-order valence-electron chi connectivity index (χ1n) is 6.32. The summed E-state index contributed by atoms with van der Waals surface area (Å²) in [6.07, 6.45) is 3.66. The highest BCUT2D eigenvalue weighted by Gasteiger charge is 2.34. The maximum atomic E-state index is 12.3. The molecule has 0 heterocycles. The topological polar surface area (TPSA) is 106 Å². The van der Waals surface area contributed by atoms with Crippen LogP contribution in [0.15, 0.2) is 32.5 Å². The zero-order valence-electron chi connectivity index (χ0n) is 11.9. The predicted molar refractivity (Wildman–Crippen MR) is 90.5 cm³/mol. The van der Waals surface area contributed by atoms with Crippen LogP contribution in [-0.4, -0.2) is 35.2 Å². The number of hydrogen-bond acceptors (Lipinski definition) is 5. The molecule has 6 nitrogen and oxygen atoms in total. The van der Waals surface area contributed by atoms with Crippen molar-refractivity contribution in [2.45, 2.75) is 34.6 Å². The van der Waals surface area contributed by atoms with Crippen LogP contribution in [0.25, 0.3) is 0 Å². The van der Waals surface area contributed by atoms with Crippen molar-refractivity contribution in [2.75, 3.05) is 12.8 Å². The van der Waals surface area contributed by atoms with E-state index in [9.17, 15) is 16.8 Å². The van der Waals surface area contributed by atoms with Crippen LogP contribution in [0.1, 0.15) is 19.3 Å². The number of sulfone groups is 1. The van der Waals surface area contributed by atoms with E-state index >= 15 is 0 Å². The summed E-state index contributed by atoms with van der Waals surface area (Å²) >= 11 is 3.11. The van der Waals surface area contributed by atoms with Crippen LogP contribution in [-0.2, 0) is 19.9 Å². The lowest BCUT2D eigenvalue weighted by Crippen LogP contribution is -2.54. The molecule has 1 aromatic carbocycles. The SMILES string of the molecule is CS(=O)(=O)c1ccc(S(=O)(=O)NCC2(N)CCC2)c(Br)c1.Cl. The molecule has 0 bridgehead atoms. The molecular weight excluding hydrogens is 416 g/mol. The standard InChI is InChI=1S/C12H17BrN2O4S2.ClH/c1-20(16,17)9-3-4-11(10(13)7-9)21(18,19)15-8-12(14)5-2-6-12;/h3-4,7,15H,2,5-6,8,14H2,1H3;1H. The largest absolute Gasteiger partial charge is 0.324 e. The summed E-state index contributed by atoms with van der Waals surface area (Å²) in [6.45, 7) is 0.176. The molecule has 2 rings (SSSR count). The van der Waals surface area contributed by atoms with Crippen molar-refractivity contribution in [2.24, 2.45) is 5.73 Å². The van der Waals surface area contributed by atoms with E-state index in [0.29, 0.717) is 0 Å². The molecule has 1 aliphatic rings. The Hall–Kier alpha value is -0.190. The molecule has 3 N–H and O–H groups in total. The molecule has 1 aliphatic carbocycles. The number of nitrogens with one attached hydrogen (secondary N) is 1. The van der Waals surface area contributed by atoms with Crippen LogP contribution >= 0.6 is 28.3 Å². The summed E-state index contributed by atoms with van der Waals surface area (Å²) < 4.78 is 50.1. The van der Waals surface area contributed by atoms with Crippen LogP contribution in [0.4, 0.5) is 0 Å². The minimum atomic E-state index is -3.73. The van der Waals surface area contributed by atoms with Crippen LogP contribution in [0.3, 0.4) is 0 Å². The summed E-state index contributed by atoms with van der Waals surface area (Å²) in [5.74, 6) is 0. The third kappa shape index (κ3) is 4.42. The molecule has 1 fully saturated rings. The molecular formula is C12H18BrClN2O4S2. The Morgan fingerprint density at radius 2 is 1.86 bits per heavy atom. The molecule has 10 heteroatoms. The molecule has 0 saturated heterocycles. The average Bonchev–Trinajstić information content (AvgIpc) is 2.32. The molecule has 0 aliphatic heterocycles. The van der Waals surface area contributed by atoms with Gasteiger partial charge in [0.25, 0.3) is 0 Å². The van der Waals surface area contributed by atoms with E-state index in [1.165, 1.54) is 18.2 Å². The van der Waals surface area contributed by atoms with Gasteiger partial charge in [0, 0.05) is 22.8 Å². The second-order valence-corrected chi connectivity index (χ2v) is 10.0. The van der Waals surface area contributed by atoms with Gasteiger partial charge in [0.1, 0.15) is 0 Å². The summed E-state index contributed by atoms with van der Waals surface area (Å²) in [7, 11) is -7.12. The summed E-state index contributed by atoms with van der Waals surface area (Å²) in [5, 5.41) is 0. The van der Waals surface area contributed by atoms with Gasteiger partial charge in [-0.15, -0.1) is 12.4 Å². The maximum absolute atomic E-state index is 12.3. The monoisotopic (exact) mass is 432 g/mol. The predicted octanol–water partition coefficient (Wildman–Crippen LogP) is 1.43. The van der Waals surface area contributed by atoms with E-state index in [0.717, 1.165) is 25.5 Å². The fourth-order valence-corrected chi connectivity index (χ4v) is 5.07. The van der Waals surface area contributed by atoms with Gasteiger partial charge in [-0.2, -0.15) is 0 Å². The van der Waals surface area contributed by atoms with Crippen LogP contribution < -0.4 is 10.5 Å². The van der Waals surface area contributed by atoms with E-state index in [2.05, 4.69) is 20.7 Å². The fourth-order valence-electron chi connectivity index (χ4n) is 2.05. The molecule has 1 saturated carbocycles. The third-order valence-corrected chi connectivity index (χ3v) is 7.07. The van der Waals surface area contributed by atoms with Gasteiger partial charge in [0.2, 0.25) is 10.0 Å². The first-order valence-corrected chi connectivity index (χ1v) is 10.5. The van der Waals surface area contributed by atoms with Crippen LogP contribution in [0.5, 0.6) is 0 Å². The zero-order valence-corrected chi connectivity index (χ0v) is 15.9. The summed E-state index contributed by atoms with van der Waals surface area (Å²) in [6, 6.07) is 3.83. The van der Waals surface area contributed by atoms with E-state index in [4.69, 9.17) is 5.73 Å². The molecule has 0 spiro atoms. The number of rotatable bonds is 5. The number of nitrogens with two attached hydrogens (primary N) is 1. The Kier molecular flexibility index (Phi) is 6.08. The van der Waals surface area contributed by atoms with Crippen LogP contribution in [0, 0.1) is 0 Å². The number of sulfonamides is 1. The highest BCUT2D eigenvalue weighted by molar-refractivity contribution is 9.10. The molecule has 1 aromatic rings. The average molecular weight is 434 g/mol. The second kappa shape index (κ2) is 6.74. The molecule has 0 radical (unpaired) electrons. The van der Waals surface area contributed by atoms with E-state index in [-0.39, 0.29) is 33.2 Å². The van der Waals surface area contributed by atoms with Gasteiger partial charge in [-0.1, -0.05) is 0 Å². The smallest absolute Gasteiger partial charge is 0.241 e. The lowest BCUT2D eigenvalue weighted by Gasteiger charge is -2.38.